The molecule has 3 aromatic rings. The van der Waals surface area contributed by atoms with Crippen molar-refractivity contribution in [2.24, 2.45) is 0 Å². The maximum Gasteiger partial charge on any atom is 0.410 e. The number of para-hydroxylation sites is 1. The molecule has 5 rings (SSSR count). The average Bonchev–Trinajstić information content (AvgIpc) is 3.22. The number of likely N-dealkylation sites (tertiary alicyclic amines) is 1. The summed E-state index contributed by atoms with van der Waals surface area (Å²) in [6.45, 7) is 7.23. The quantitative estimate of drug-likeness (QED) is 0.287. The Kier molecular flexibility index (Phi) is 7.02. The molecule has 3 aromatic carbocycles. The third kappa shape index (κ3) is 5.25. The second-order valence-electron chi connectivity index (χ2n) is 10.8. The van der Waals surface area contributed by atoms with Crippen molar-refractivity contribution in [2.75, 3.05) is 24.8 Å². The lowest BCUT2D eigenvalue weighted by atomic mass is 9.88. The molecule has 0 saturated carbocycles. The molecule has 2 amide bonds. The maximum atomic E-state index is 12.5. The summed E-state index contributed by atoms with van der Waals surface area (Å²) in [5, 5.41) is 1.37. The standard InChI is InChI=1S/C31H34N2O4/c1-31(2,3)37-30(35)32-18-16-22(17-19-32)23-10-8-9-15-29(23)33(21-34)36-20-28-26-13-6-4-11-24(26)25-12-5-7-14-27(25)28/h4-15,21-22,28H,16-20H2,1-3H3. The van der Waals surface area contributed by atoms with Gasteiger partial charge in [-0.1, -0.05) is 66.7 Å². The number of amides is 2. The highest BCUT2D eigenvalue weighted by Crippen LogP contribution is 2.45. The SMILES string of the molecule is CC(C)(C)OC(=O)N1CCC(c2ccccc2N(C=O)OCC2c3ccccc3-c3ccccc32)CC1. The fraction of sp³-hybridized carbons (Fsp3) is 0.355. The van der Waals surface area contributed by atoms with Crippen molar-refractivity contribution in [1.82, 2.24) is 4.90 Å². The van der Waals surface area contributed by atoms with E-state index in [1.54, 1.807) is 4.90 Å². The number of carbonyl (C=O) groups is 2. The molecule has 1 aliphatic carbocycles. The van der Waals surface area contributed by atoms with E-state index < -0.39 is 5.60 Å². The largest absolute Gasteiger partial charge is 0.444 e. The van der Waals surface area contributed by atoms with Crippen molar-refractivity contribution >= 4 is 18.2 Å². The number of hydrogen-bond acceptors (Lipinski definition) is 4. The normalized spacial score (nSPS) is 15.7. The molecule has 37 heavy (non-hydrogen) atoms. The van der Waals surface area contributed by atoms with E-state index in [1.165, 1.54) is 27.3 Å². The first-order chi connectivity index (χ1) is 17.9. The first-order valence-electron chi connectivity index (χ1n) is 13.0. The number of hydroxylamine groups is 1. The Balaban J connectivity index is 1.30. The van der Waals surface area contributed by atoms with Gasteiger partial charge in [0.2, 0.25) is 6.41 Å². The molecule has 0 radical (unpaired) electrons. The van der Waals surface area contributed by atoms with E-state index in [2.05, 4.69) is 42.5 Å². The predicted molar refractivity (Wildman–Crippen MR) is 144 cm³/mol. The summed E-state index contributed by atoms with van der Waals surface area (Å²) in [4.78, 5) is 32.7. The number of hydrogen-bond donors (Lipinski definition) is 0. The lowest BCUT2D eigenvalue weighted by Crippen LogP contribution is -2.41. The third-order valence-corrected chi connectivity index (χ3v) is 7.20. The monoisotopic (exact) mass is 498 g/mol. The fourth-order valence-corrected chi connectivity index (χ4v) is 5.48. The summed E-state index contributed by atoms with van der Waals surface area (Å²) in [6.07, 6.45) is 2.08. The predicted octanol–water partition coefficient (Wildman–Crippen LogP) is 6.51. The number of nitrogens with zero attached hydrogens (tertiary/aromatic N) is 2. The lowest BCUT2D eigenvalue weighted by molar-refractivity contribution is -0.114. The zero-order chi connectivity index (χ0) is 26.0. The summed E-state index contributed by atoms with van der Waals surface area (Å²) in [6, 6.07) is 24.7. The smallest absolute Gasteiger partial charge is 0.410 e. The summed E-state index contributed by atoms with van der Waals surface area (Å²) in [5.41, 5.74) is 6.19. The number of carbonyl (C=O) groups excluding carboxylic acids is 2. The molecule has 0 N–H and O–H groups in total. The number of piperidine rings is 1. The molecule has 6 heteroatoms. The van der Waals surface area contributed by atoms with E-state index in [9.17, 15) is 9.59 Å². The lowest BCUT2D eigenvalue weighted by Gasteiger charge is -2.34. The molecule has 0 aromatic heterocycles. The maximum absolute atomic E-state index is 12.5. The van der Waals surface area contributed by atoms with Gasteiger partial charge in [0, 0.05) is 19.0 Å². The summed E-state index contributed by atoms with van der Waals surface area (Å²) in [7, 11) is 0. The van der Waals surface area contributed by atoms with Gasteiger partial charge in [0.25, 0.3) is 0 Å². The van der Waals surface area contributed by atoms with Gasteiger partial charge in [-0.05, 0) is 73.4 Å². The molecule has 0 unspecified atom stereocenters. The van der Waals surface area contributed by atoms with Crippen LogP contribution in [0.15, 0.2) is 72.8 Å². The van der Waals surface area contributed by atoms with Gasteiger partial charge in [-0.2, -0.15) is 5.06 Å². The van der Waals surface area contributed by atoms with E-state index in [1.807, 2.05) is 51.1 Å². The zero-order valence-electron chi connectivity index (χ0n) is 21.7. The number of fused-ring (bicyclic) bond motifs is 3. The van der Waals surface area contributed by atoms with Crippen molar-refractivity contribution in [3.05, 3.63) is 89.5 Å². The molecule has 0 atom stereocenters. The van der Waals surface area contributed by atoms with Crippen molar-refractivity contribution in [3.63, 3.8) is 0 Å². The van der Waals surface area contributed by atoms with Crippen LogP contribution in [0.5, 0.6) is 0 Å². The van der Waals surface area contributed by atoms with Crippen LogP contribution in [0.1, 0.15) is 62.1 Å². The van der Waals surface area contributed by atoms with E-state index in [0.29, 0.717) is 19.7 Å². The zero-order valence-corrected chi connectivity index (χ0v) is 21.7. The van der Waals surface area contributed by atoms with E-state index in [0.717, 1.165) is 30.5 Å². The molecule has 192 valence electrons. The highest BCUT2D eigenvalue weighted by molar-refractivity contribution is 5.79. The first kappa shape index (κ1) is 25.0. The fourth-order valence-electron chi connectivity index (χ4n) is 5.48. The van der Waals surface area contributed by atoms with Crippen LogP contribution in [0.4, 0.5) is 10.5 Å². The molecule has 1 saturated heterocycles. The van der Waals surface area contributed by atoms with Gasteiger partial charge in [0.15, 0.2) is 0 Å². The van der Waals surface area contributed by atoms with Crippen LogP contribution >= 0.6 is 0 Å². The molecule has 6 nitrogen and oxygen atoms in total. The first-order valence-corrected chi connectivity index (χ1v) is 13.0. The minimum Gasteiger partial charge on any atom is -0.444 e. The molecule has 1 heterocycles. The Labute approximate surface area is 218 Å². The Morgan fingerprint density at radius 1 is 0.892 bits per heavy atom. The number of anilines is 1. The highest BCUT2D eigenvalue weighted by atomic mass is 16.7. The van der Waals surface area contributed by atoms with E-state index >= 15 is 0 Å². The van der Waals surface area contributed by atoms with Gasteiger partial charge in [0.05, 0.1) is 12.3 Å². The number of rotatable bonds is 6. The molecular weight excluding hydrogens is 464 g/mol. The minimum absolute atomic E-state index is 0.0547. The van der Waals surface area contributed by atoms with Crippen LogP contribution in [-0.4, -0.2) is 42.7 Å². The van der Waals surface area contributed by atoms with Gasteiger partial charge in [-0.3, -0.25) is 9.63 Å². The summed E-state index contributed by atoms with van der Waals surface area (Å²) < 4.78 is 5.54. The molecule has 0 spiro atoms. The Morgan fingerprint density at radius 3 is 2.00 bits per heavy atom. The Hall–Kier alpha value is -3.64. The number of benzene rings is 3. The summed E-state index contributed by atoms with van der Waals surface area (Å²) >= 11 is 0. The van der Waals surface area contributed by atoms with Crippen LogP contribution in [0, 0.1) is 0 Å². The second kappa shape index (κ2) is 10.4. The van der Waals surface area contributed by atoms with Gasteiger partial charge in [-0.25, -0.2) is 4.79 Å². The second-order valence-corrected chi connectivity index (χ2v) is 10.8. The van der Waals surface area contributed by atoms with Crippen molar-refractivity contribution in [1.29, 1.82) is 0 Å². The summed E-state index contributed by atoms with van der Waals surface area (Å²) in [5.74, 6) is 0.271. The van der Waals surface area contributed by atoms with E-state index in [-0.39, 0.29) is 17.9 Å². The van der Waals surface area contributed by atoms with Crippen LogP contribution in [0.2, 0.25) is 0 Å². The van der Waals surface area contributed by atoms with Gasteiger partial charge in [-0.15, -0.1) is 0 Å². The van der Waals surface area contributed by atoms with Gasteiger partial charge >= 0.3 is 6.09 Å². The Morgan fingerprint density at radius 2 is 1.43 bits per heavy atom. The third-order valence-electron chi connectivity index (χ3n) is 7.20. The Bertz CT molecular complexity index is 1230. The average molecular weight is 499 g/mol. The molecule has 1 aliphatic heterocycles. The van der Waals surface area contributed by atoms with Crippen LogP contribution in [0.3, 0.4) is 0 Å². The van der Waals surface area contributed by atoms with Gasteiger partial charge < -0.3 is 9.64 Å². The molecule has 0 bridgehead atoms. The molecule has 2 aliphatic rings. The van der Waals surface area contributed by atoms with Crippen LogP contribution < -0.4 is 5.06 Å². The van der Waals surface area contributed by atoms with Crippen molar-refractivity contribution in [2.45, 2.75) is 51.0 Å². The molecular formula is C31H34N2O4. The topological polar surface area (TPSA) is 59.1 Å². The van der Waals surface area contributed by atoms with Crippen LogP contribution in [-0.2, 0) is 14.4 Å². The number of ether oxygens (including phenoxy) is 1. The van der Waals surface area contributed by atoms with Gasteiger partial charge in [0.1, 0.15) is 5.60 Å². The van der Waals surface area contributed by atoms with Crippen molar-refractivity contribution < 1.29 is 19.2 Å². The van der Waals surface area contributed by atoms with E-state index in [4.69, 9.17) is 9.57 Å². The van der Waals surface area contributed by atoms with Crippen LogP contribution in [0.25, 0.3) is 11.1 Å². The molecule has 1 fully saturated rings. The highest BCUT2D eigenvalue weighted by Gasteiger charge is 2.31. The minimum atomic E-state index is -0.511. The van der Waals surface area contributed by atoms with Crippen molar-refractivity contribution in [3.8, 4) is 11.1 Å².